The number of hydrogen-bond donors (Lipinski definition) is 0. The molecular formula is C48H82O5. The first-order valence-electron chi connectivity index (χ1n) is 22.9. The van der Waals surface area contributed by atoms with E-state index >= 15 is 0 Å². The van der Waals surface area contributed by atoms with E-state index in [9.17, 15) is 4.79 Å². The summed E-state index contributed by atoms with van der Waals surface area (Å²) in [5.41, 5.74) is 1.19. The molecule has 0 aromatic rings. The molecule has 0 N–H and O–H groups in total. The molecule has 5 heteroatoms. The fraction of sp³-hybridized carbons (Fsp3) is 0.979. The number of carbonyl (C=O) groups excluding carboxylic acids is 1. The minimum absolute atomic E-state index is 0.0704. The summed E-state index contributed by atoms with van der Waals surface area (Å²) >= 11 is 0. The van der Waals surface area contributed by atoms with Gasteiger partial charge in [0, 0.05) is 11.3 Å². The molecule has 0 radical (unpaired) electrons. The Balaban J connectivity index is 1.09. The molecule has 0 bridgehead atoms. The van der Waals surface area contributed by atoms with Crippen molar-refractivity contribution in [3.63, 3.8) is 0 Å². The maximum atomic E-state index is 13.6. The summed E-state index contributed by atoms with van der Waals surface area (Å²) in [6.07, 6.45) is 14.3. The van der Waals surface area contributed by atoms with Crippen molar-refractivity contribution in [3.8, 4) is 0 Å². The summed E-state index contributed by atoms with van der Waals surface area (Å²) in [7, 11) is 0. The van der Waals surface area contributed by atoms with Gasteiger partial charge in [0.05, 0.1) is 18.3 Å². The van der Waals surface area contributed by atoms with Crippen LogP contribution in [-0.2, 0) is 23.7 Å². The number of fused-ring (bicyclic) bond motifs is 7. The highest BCUT2D eigenvalue weighted by Crippen LogP contribution is 2.76. The Morgan fingerprint density at radius 2 is 1.32 bits per heavy atom. The Bertz CT molecular complexity index is 1340. The summed E-state index contributed by atoms with van der Waals surface area (Å²) in [6.45, 7) is 33.7. The van der Waals surface area contributed by atoms with Gasteiger partial charge in [-0.25, -0.2) is 0 Å². The van der Waals surface area contributed by atoms with Crippen molar-refractivity contribution >= 4 is 5.78 Å². The average molecular weight is 739 g/mol. The molecule has 0 aromatic heterocycles. The van der Waals surface area contributed by atoms with Gasteiger partial charge >= 0.3 is 0 Å². The minimum atomic E-state index is -0.370. The first-order chi connectivity index (χ1) is 24.7. The summed E-state index contributed by atoms with van der Waals surface area (Å²) in [6, 6.07) is 0. The number of Topliss-reactive ketones (excluding diaryl/α,β-unsaturated/α-hetero) is 1. The molecule has 53 heavy (non-hydrogen) atoms. The van der Waals surface area contributed by atoms with Crippen LogP contribution in [0.2, 0.25) is 0 Å². The molecule has 20 atom stereocenters. The Hall–Kier alpha value is -0.490. The summed E-state index contributed by atoms with van der Waals surface area (Å²) in [5, 5.41) is 0. The molecule has 0 spiro atoms. The molecule has 0 amide bonds. The Kier molecular flexibility index (Phi) is 10.8. The van der Waals surface area contributed by atoms with Crippen molar-refractivity contribution in [2.45, 2.75) is 211 Å². The summed E-state index contributed by atoms with van der Waals surface area (Å²) < 4.78 is 27.8. The van der Waals surface area contributed by atoms with Gasteiger partial charge in [0.1, 0.15) is 11.9 Å². The Morgan fingerprint density at radius 1 is 0.623 bits per heavy atom. The fourth-order valence-corrected chi connectivity index (χ4v) is 15.6. The van der Waals surface area contributed by atoms with Gasteiger partial charge in [-0.1, -0.05) is 83.1 Å². The van der Waals surface area contributed by atoms with Crippen molar-refractivity contribution in [2.24, 2.45) is 86.3 Å². The van der Waals surface area contributed by atoms with Crippen LogP contribution in [0.15, 0.2) is 0 Å². The van der Waals surface area contributed by atoms with Crippen LogP contribution in [0.3, 0.4) is 0 Å². The van der Waals surface area contributed by atoms with E-state index < -0.39 is 0 Å². The summed E-state index contributed by atoms with van der Waals surface area (Å²) in [5.74, 6) is 5.66. The maximum absolute atomic E-state index is 13.6. The van der Waals surface area contributed by atoms with Gasteiger partial charge in [-0.3, -0.25) is 4.79 Å². The lowest BCUT2D eigenvalue weighted by molar-refractivity contribution is -0.348. The van der Waals surface area contributed by atoms with Crippen LogP contribution in [0.5, 0.6) is 0 Å². The largest absolute Gasteiger partial charge is 0.349 e. The highest BCUT2D eigenvalue weighted by Gasteiger charge is 2.70. The zero-order valence-corrected chi connectivity index (χ0v) is 36.8. The molecule has 5 aliphatic carbocycles. The second kappa shape index (κ2) is 14.1. The van der Waals surface area contributed by atoms with E-state index in [1.165, 1.54) is 51.4 Å². The molecule has 7 fully saturated rings. The monoisotopic (exact) mass is 739 g/mol. The smallest absolute Gasteiger partial charge is 0.184 e. The van der Waals surface area contributed by atoms with E-state index in [-0.39, 0.29) is 42.4 Å². The van der Waals surface area contributed by atoms with Crippen molar-refractivity contribution < 1.29 is 23.7 Å². The number of rotatable bonds is 6. The quantitative estimate of drug-likeness (QED) is 0.254. The highest BCUT2D eigenvalue weighted by atomic mass is 16.7. The van der Waals surface area contributed by atoms with Crippen molar-refractivity contribution in [1.82, 2.24) is 0 Å². The second-order valence-electron chi connectivity index (χ2n) is 22.5. The molecule has 7 aliphatic rings. The number of ketones is 1. The molecule has 9 unspecified atom stereocenters. The maximum Gasteiger partial charge on any atom is 0.184 e. The Morgan fingerprint density at radius 3 is 2.00 bits per heavy atom. The van der Waals surface area contributed by atoms with Gasteiger partial charge in [0.15, 0.2) is 12.6 Å². The summed E-state index contributed by atoms with van der Waals surface area (Å²) in [4.78, 5) is 13.6. The van der Waals surface area contributed by atoms with Gasteiger partial charge < -0.3 is 18.9 Å². The van der Waals surface area contributed by atoms with Crippen LogP contribution in [0.25, 0.3) is 0 Å². The topological polar surface area (TPSA) is 54.0 Å². The highest BCUT2D eigenvalue weighted by molar-refractivity contribution is 5.83. The number of carbonyl (C=O) groups is 1. The lowest BCUT2D eigenvalue weighted by atomic mass is 9.32. The second-order valence-corrected chi connectivity index (χ2v) is 22.5. The van der Waals surface area contributed by atoms with Crippen LogP contribution >= 0.6 is 0 Å². The average Bonchev–Trinajstić information content (AvgIpc) is 3.10. The SMILES string of the molecule is CCC1O[C@@H](OC2[C@H](O[C@H]3CCC4(C)C5CCC6C7CC(C)(C)CC[C@]7(C(C)=O)CC[C@@]6(C)[C@@]5(C)CC[C@H]4C3C)OC(C)[C@H](C)[C@@H]2C)C(C)[C@@H](C)[C@H]1C. The fourth-order valence-electron chi connectivity index (χ4n) is 15.6. The predicted octanol–water partition coefficient (Wildman–Crippen LogP) is 11.9. The standard InChI is InChI=1S/C48H82O5/c1-15-38-29(4)27(2)31(6)42(51-38)53-41-30(5)28(3)33(8)50-43(41)52-39-19-20-45(12)35(32(39)7)18-21-47(14)40(45)17-16-36-37-26-44(10,11)22-24-48(37,34(9)49)25-23-46(36,47)13/h27-33,35-43H,15-26H2,1-14H3/t27-,28+,29+,30-,31?,32?,33?,35-,36?,37?,38?,39-,40?,41?,42-,43-,45?,46+,47-,48+/m0/s1. The van der Waals surface area contributed by atoms with Crippen LogP contribution in [-0.4, -0.2) is 42.8 Å². The third-order valence-electron chi connectivity index (χ3n) is 20.2. The molecule has 0 aromatic carbocycles. The van der Waals surface area contributed by atoms with Crippen molar-refractivity contribution in [2.75, 3.05) is 0 Å². The molecule has 2 aliphatic heterocycles. The predicted molar refractivity (Wildman–Crippen MR) is 214 cm³/mol. The van der Waals surface area contributed by atoms with Crippen molar-refractivity contribution in [1.29, 1.82) is 0 Å². The van der Waals surface area contributed by atoms with Gasteiger partial charge in [-0.05, 0) is 166 Å². The van der Waals surface area contributed by atoms with Crippen LogP contribution in [0.1, 0.15) is 174 Å². The molecule has 304 valence electrons. The van der Waals surface area contributed by atoms with Crippen molar-refractivity contribution in [3.05, 3.63) is 0 Å². The number of ether oxygens (including phenoxy) is 4. The van der Waals surface area contributed by atoms with Crippen LogP contribution in [0.4, 0.5) is 0 Å². The molecular weight excluding hydrogens is 657 g/mol. The molecule has 5 saturated carbocycles. The van der Waals surface area contributed by atoms with E-state index in [0.717, 1.165) is 31.6 Å². The minimum Gasteiger partial charge on any atom is -0.349 e. The third kappa shape index (κ3) is 6.22. The third-order valence-corrected chi connectivity index (χ3v) is 20.2. The molecule has 7 rings (SSSR count). The first-order valence-corrected chi connectivity index (χ1v) is 22.9. The van der Waals surface area contributed by atoms with Gasteiger partial charge in [-0.2, -0.15) is 0 Å². The van der Waals surface area contributed by atoms with Gasteiger partial charge in [-0.15, -0.1) is 0 Å². The van der Waals surface area contributed by atoms with Crippen LogP contribution in [0, 0.1) is 86.3 Å². The normalized spacial score (nSPS) is 56.6. The van der Waals surface area contributed by atoms with E-state index in [4.69, 9.17) is 18.9 Å². The van der Waals surface area contributed by atoms with E-state index in [1.807, 2.05) is 6.92 Å². The molecule has 5 nitrogen and oxygen atoms in total. The Labute approximate surface area is 325 Å². The van der Waals surface area contributed by atoms with E-state index in [2.05, 4.69) is 90.0 Å². The zero-order chi connectivity index (χ0) is 38.6. The first kappa shape index (κ1) is 40.7. The zero-order valence-electron chi connectivity index (χ0n) is 36.8. The number of hydrogen-bond acceptors (Lipinski definition) is 5. The molecule has 2 saturated heterocycles. The lowest BCUT2D eigenvalue weighted by Crippen LogP contribution is -2.67. The van der Waals surface area contributed by atoms with E-state index in [1.54, 1.807) is 0 Å². The van der Waals surface area contributed by atoms with Gasteiger partial charge in [0.2, 0.25) is 0 Å². The lowest BCUT2D eigenvalue weighted by Gasteiger charge is -2.73. The van der Waals surface area contributed by atoms with Gasteiger partial charge in [0.25, 0.3) is 0 Å². The van der Waals surface area contributed by atoms with E-state index in [0.29, 0.717) is 80.7 Å². The molecule has 2 heterocycles. The van der Waals surface area contributed by atoms with Crippen LogP contribution < -0.4 is 0 Å².